The lowest BCUT2D eigenvalue weighted by Crippen LogP contribution is -2.18. The van der Waals surface area contributed by atoms with E-state index in [0.29, 0.717) is 11.8 Å². The number of anilines is 1. The van der Waals surface area contributed by atoms with E-state index in [9.17, 15) is 9.59 Å². The first kappa shape index (κ1) is 16.1. The number of esters is 1. The highest BCUT2D eigenvalue weighted by Crippen LogP contribution is 2.24. The Labute approximate surface area is 132 Å². The van der Waals surface area contributed by atoms with Crippen molar-refractivity contribution in [3.05, 3.63) is 46.2 Å². The number of hydrogen-bond acceptors (Lipinski definition) is 6. The molecule has 22 heavy (non-hydrogen) atoms. The number of aromatic nitrogens is 2. The van der Waals surface area contributed by atoms with Crippen molar-refractivity contribution in [1.29, 1.82) is 0 Å². The highest BCUT2D eigenvalue weighted by Gasteiger charge is 2.14. The first-order valence-electron chi connectivity index (χ1n) is 6.77. The molecule has 0 spiro atoms. The van der Waals surface area contributed by atoms with Crippen LogP contribution < -0.4 is 11.3 Å². The average molecular weight is 319 g/mol. The number of carbonyl (C=O) groups excluding carboxylic acids is 1. The maximum absolute atomic E-state index is 11.6. The van der Waals surface area contributed by atoms with Gasteiger partial charge in [0.2, 0.25) is 0 Å². The highest BCUT2D eigenvalue weighted by molar-refractivity contribution is 7.99. The third-order valence-corrected chi connectivity index (χ3v) is 3.82. The van der Waals surface area contributed by atoms with E-state index in [1.165, 1.54) is 6.07 Å². The van der Waals surface area contributed by atoms with E-state index < -0.39 is 5.56 Å². The van der Waals surface area contributed by atoms with Crippen molar-refractivity contribution in [2.45, 2.75) is 19.0 Å². The fourth-order valence-corrected chi connectivity index (χ4v) is 2.78. The molecule has 2 rings (SSSR count). The van der Waals surface area contributed by atoms with Gasteiger partial charge in [0.25, 0.3) is 5.56 Å². The predicted octanol–water partition coefficient (Wildman–Crippen LogP) is 1.78. The Kier molecular flexibility index (Phi) is 5.21. The lowest BCUT2D eigenvalue weighted by Gasteiger charge is -2.16. The lowest BCUT2D eigenvalue weighted by molar-refractivity contribution is -0.139. The first-order chi connectivity index (χ1) is 10.5. The van der Waals surface area contributed by atoms with Gasteiger partial charge < -0.3 is 10.5 Å². The molecule has 0 saturated carbocycles. The second-order valence-electron chi connectivity index (χ2n) is 4.52. The fraction of sp³-hybridized carbons (Fsp3) is 0.267. The standard InChI is InChI=1S/C15H17N3O3S/c1-3-21-14(20)9-22-15-17-13(19)8-12(16)18(15)11-7-5-4-6-10(11)2/h4-8H,3,9,16H2,1-2H3. The summed E-state index contributed by atoms with van der Waals surface area (Å²) in [6.07, 6.45) is 0. The molecule has 0 aliphatic rings. The molecule has 0 saturated heterocycles. The molecule has 1 aromatic carbocycles. The van der Waals surface area contributed by atoms with E-state index in [1.54, 1.807) is 11.5 Å². The van der Waals surface area contributed by atoms with Gasteiger partial charge in [-0.2, -0.15) is 4.98 Å². The van der Waals surface area contributed by atoms with Gasteiger partial charge in [0.1, 0.15) is 5.82 Å². The maximum Gasteiger partial charge on any atom is 0.316 e. The number of thioether (sulfide) groups is 1. The summed E-state index contributed by atoms with van der Waals surface area (Å²) in [5, 5.41) is 0.368. The van der Waals surface area contributed by atoms with E-state index in [4.69, 9.17) is 10.5 Å². The summed E-state index contributed by atoms with van der Waals surface area (Å²) in [4.78, 5) is 27.1. The van der Waals surface area contributed by atoms with Gasteiger partial charge in [0, 0.05) is 6.07 Å². The molecule has 0 unspecified atom stereocenters. The molecule has 0 bridgehead atoms. The Bertz CT molecular complexity index is 743. The highest BCUT2D eigenvalue weighted by atomic mass is 32.2. The summed E-state index contributed by atoms with van der Waals surface area (Å²) in [6.45, 7) is 3.99. The zero-order valence-corrected chi connectivity index (χ0v) is 13.2. The smallest absolute Gasteiger partial charge is 0.316 e. The summed E-state index contributed by atoms with van der Waals surface area (Å²) in [6, 6.07) is 8.87. The number of aryl methyl sites for hydroxylation is 1. The van der Waals surface area contributed by atoms with Gasteiger partial charge in [-0.3, -0.25) is 14.2 Å². The molecule has 6 nitrogen and oxygen atoms in total. The SMILES string of the molecule is CCOC(=O)CSc1nc(=O)cc(N)n1-c1ccccc1C. The van der Waals surface area contributed by atoms with Gasteiger partial charge in [-0.05, 0) is 25.5 Å². The van der Waals surface area contributed by atoms with Crippen LogP contribution in [-0.4, -0.2) is 27.9 Å². The van der Waals surface area contributed by atoms with E-state index in [-0.39, 0.29) is 17.5 Å². The van der Waals surface area contributed by atoms with E-state index in [2.05, 4.69) is 4.98 Å². The van der Waals surface area contributed by atoms with Crippen molar-refractivity contribution in [3.8, 4) is 5.69 Å². The van der Waals surface area contributed by atoms with E-state index in [0.717, 1.165) is 23.0 Å². The van der Waals surface area contributed by atoms with Crippen molar-refractivity contribution >= 4 is 23.5 Å². The van der Waals surface area contributed by atoms with Crippen molar-refractivity contribution < 1.29 is 9.53 Å². The van der Waals surface area contributed by atoms with Crippen LogP contribution in [0.5, 0.6) is 0 Å². The lowest BCUT2D eigenvalue weighted by atomic mass is 10.2. The first-order valence-corrected chi connectivity index (χ1v) is 7.75. The number of hydrogen-bond donors (Lipinski definition) is 1. The molecule has 0 aliphatic heterocycles. The Balaban J connectivity index is 2.43. The van der Waals surface area contributed by atoms with Gasteiger partial charge in [-0.15, -0.1) is 0 Å². The number of nitrogen functional groups attached to an aromatic ring is 1. The number of ether oxygens (including phenoxy) is 1. The average Bonchev–Trinajstić information content (AvgIpc) is 2.46. The molecule has 2 N–H and O–H groups in total. The molecule has 1 heterocycles. The number of nitrogens with zero attached hydrogens (tertiary/aromatic N) is 2. The van der Waals surface area contributed by atoms with Crippen LogP contribution in [0.15, 0.2) is 40.3 Å². The summed E-state index contributed by atoms with van der Waals surface area (Å²) >= 11 is 1.12. The minimum absolute atomic E-state index is 0.0651. The summed E-state index contributed by atoms with van der Waals surface area (Å²) in [5.74, 6) is -0.0172. The molecule has 0 aliphatic carbocycles. The number of nitrogens with two attached hydrogens (primary N) is 1. The summed E-state index contributed by atoms with van der Waals surface area (Å²) in [5.41, 5.74) is 7.35. The number of rotatable bonds is 5. The molecule has 0 fully saturated rings. The maximum atomic E-state index is 11.6. The van der Waals surface area contributed by atoms with Crippen LogP contribution in [-0.2, 0) is 9.53 Å². The number of carbonyl (C=O) groups is 1. The van der Waals surface area contributed by atoms with Crippen molar-refractivity contribution in [2.75, 3.05) is 18.1 Å². The largest absolute Gasteiger partial charge is 0.465 e. The van der Waals surface area contributed by atoms with Gasteiger partial charge in [0.05, 0.1) is 18.0 Å². The molecule has 0 amide bonds. The van der Waals surface area contributed by atoms with Crippen LogP contribution in [0.3, 0.4) is 0 Å². The third kappa shape index (κ3) is 3.67. The molecule has 116 valence electrons. The normalized spacial score (nSPS) is 10.5. The van der Waals surface area contributed by atoms with Crippen molar-refractivity contribution in [3.63, 3.8) is 0 Å². The molecule has 0 atom stereocenters. The summed E-state index contributed by atoms with van der Waals surface area (Å²) < 4.78 is 6.55. The molecular formula is C15H17N3O3S. The second kappa shape index (κ2) is 7.13. The van der Waals surface area contributed by atoms with Crippen LogP contribution in [0.1, 0.15) is 12.5 Å². The zero-order valence-electron chi connectivity index (χ0n) is 12.4. The second-order valence-corrected chi connectivity index (χ2v) is 5.46. The van der Waals surface area contributed by atoms with Crippen molar-refractivity contribution in [1.82, 2.24) is 9.55 Å². The van der Waals surface area contributed by atoms with Gasteiger partial charge in [-0.25, -0.2) is 0 Å². The quantitative estimate of drug-likeness (QED) is 0.513. The minimum Gasteiger partial charge on any atom is -0.465 e. The summed E-state index contributed by atoms with van der Waals surface area (Å²) in [7, 11) is 0. The van der Waals surface area contributed by atoms with Gasteiger partial charge in [-0.1, -0.05) is 30.0 Å². The molecule has 7 heteroatoms. The Morgan fingerprint density at radius 2 is 2.14 bits per heavy atom. The van der Waals surface area contributed by atoms with Crippen LogP contribution >= 0.6 is 11.8 Å². The monoisotopic (exact) mass is 319 g/mol. The van der Waals surface area contributed by atoms with Crippen LogP contribution in [0.4, 0.5) is 5.82 Å². The van der Waals surface area contributed by atoms with E-state index in [1.807, 2.05) is 31.2 Å². The number of para-hydroxylation sites is 1. The molecule has 0 radical (unpaired) electrons. The van der Waals surface area contributed by atoms with E-state index >= 15 is 0 Å². The fourth-order valence-electron chi connectivity index (χ4n) is 1.96. The molecule has 2 aromatic rings. The van der Waals surface area contributed by atoms with Crippen LogP contribution in [0.25, 0.3) is 5.69 Å². The Morgan fingerprint density at radius 3 is 2.82 bits per heavy atom. The number of benzene rings is 1. The van der Waals surface area contributed by atoms with Gasteiger partial charge >= 0.3 is 5.97 Å². The topological polar surface area (TPSA) is 87.2 Å². The molecule has 1 aromatic heterocycles. The zero-order chi connectivity index (χ0) is 16.1. The molecular weight excluding hydrogens is 302 g/mol. The van der Waals surface area contributed by atoms with Gasteiger partial charge in [0.15, 0.2) is 5.16 Å². The minimum atomic E-state index is -0.436. The third-order valence-electron chi connectivity index (χ3n) is 2.91. The Hall–Kier alpha value is -2.28. The predicted molar refractivity (Wildman–Crippen MR) is 86.3 cm³/mol. The van der Waals surface area contributed by atoms with Crippen LogP contribution in [0, 0.1) is 6.92 Å². The van der Waals surface area contributed by atoms with Crippen LogP contribution in [0.2, 0.25) is 0 Å². The Morgan fingerprint density at radius 1 is 1.41 bits per heavy atom. The van der Waals surface area contributed by atoms with Crippen molar-refractivity contribution in [2.24, 2.45) is 0 Å².